The second-order valence-corrected chi connectivity index (χ2v) is 5.37. The summed E-state index contributed by atoms with van der Waals surface area (Å²) in [6, 6.07) is 14.6. The molecule has 136 valence electrons. The normalized spacial score (nSPS) is 10.8. The van der Waals surface area contributed by atoms with Crippen molar-refractivity contribution in [1.29, 1.82) is 0 Å². The number of aliphatic imine (C=N–C) groups is 1. The smallest absolute Gasteiger partial charge is 0.190 e. The Balaban J connectivity index is 0.00000312. The topological polar surface area (TPSA) is 45.7 Å². The summed E-state index contributed by atoms with van der Waals surface area (Å²) in [5.41, 5.74) is 2.12. The predicted molar refractivity (Wildman–Crippen MR) is 112 cm³/mol. The highest BCUT2D eigenvalue weighted by atomic mass is 127. The number of rotatable bonds is 7. The van der Waals surface area contributed by atoms with Gasteiger partial charge in [-0.2, -0.15) is 0 Å². The molecule has 0 bridgehead atoms. The molecule has 4 nitrogen and oxygen atoms in total. The van der Waals surface area contributed by atoms with Crippen LogP contribution in [0.5, 0.6) is 5.75 Å². The summed E-state index contributed by atoms with van der Waals surface area (Å²) in [6.45, 7) is 1.44. The molecule has 0 fully saturated rings. The minimum atomic E-state index is -0.202. The first-order chi connectivity index (χ1) is 11.7. The van der Waals surface area contributed by atoms with Gasteiger partial charge in [0.25, 0.3) is 0 Å². The van der Waals surface area contributed by atoms with Gasteiger partial charge < -0.3 is 15.4 Å². The predicted octanol–water partition coefficient (Wildman–Crippen LogP) is 3.40. The third kappa shape index (κ3) is 7.29. The van der Waals surface area contributed by atoms with E-state index in [0.29, 0.717) is 6.54 Å². The molecule has 6 heteroatoms. The Bertz CT molecular complexity index is 679. The van der Waals surface area contributed by atoms with Crippen molar-refractivity contribution in [3.8, 4) is 5.75 Å². The highest BCUT2D eigenvalue weighted by Crippen LogP contribution is 2.17. The third-order valence-corrected chi connectivity index (χ3v) is 3.70. The first-order valence-electron chi connectivity index (χ1n) is 8.04. The van der Waals surface area contributed by atoms with Crippen LogP contribution in [-0.2, 0) is 12.8 Å². The maximum atomic E-state index is 13.1. The average molecular weight is 457 g/mol. The first kappa shape index (κ1) is 21.2. The van der Waals surface area contributed by atoms with E-state index in [1.165, 1.54) is 6.07 Å². The summed E-state index contributed by atoms with van der Waals surface area (Å²) in [7, 11) is 3.42. The van der Waals surface area contributed by atoms with Crippen molar-refractivity contribution in [2.24, 2.45) is 4.99 Å². The molecule has 2 N–H and O–H groups in total. The lowest BCUT2D eigenvalue weighted by Crippen LogP contribution is -2.39. The minimum absolute atomic E-state index is 0. The SMILES string of the molecule is CN=C(NCCc1cccc(F)c1)NCCc1ccccc1OC.I. The van der Waals surface area contributed by atoms with Gasteiger partial charge in [0, 0.05) is 20.1 Å². The van der Waals surface area contributed by atoms with E-state index in [2.05, 4.69) is 21.7 Å². The lowest BCUT2D eigenvalue weighted by molar-refractivity contribution is 0.409. The Morgan fingerprint density at radius 2 is 1.76 bits per heavy atom. The number of ether oxygens (including phenoxy) is 1. The van der Waals surface area contributed by atoms with Crippen LogP contribution < -0.4 is 15.4 Å². The molecule has 0 aliphatic carbocycles. The second-order valence-electron chi connectivity index (χ2n) is 5.37. The van der Waals surface area contributed by atoms with Crippen molar-refractivity contribution >= 4 is 29.9 Å². The van der Waals surface area contributed by atoms with Crippen molar-refractivity contribution in [2.45, 2.75) is 12.8 Å². The second kappa shape index (κ2) is 11.7. The van der Waals surface area contributed by atoms with Crippen LogP contribution in [0.1, 0.15) is 11.1 Å². The highest BCUT2D eigenvalue weighted by molar-refractivity contribution is 14.0. The molecule has 2 rings (SSSR count). The molecule has 0 heterocycles. The van der Waals surface area contributed by atoms with Crippen LogP contribution in [0.25, 0.3) is 0 Å². The van der Waals surface area contributed by atoms with Gasteiger partial charge in [0.2, 0.25) is 0 Å². The van der Waals surface area contributed by atoms with E-state index in [0.717, 1.165) is 42.2 Å². The van der Waals surface area contributed by atoms with Crippen LogP contribution in [0, 0.1) is 5.82 Å². The zero-order valence-electron chi connectivity index (χ0n) is 14.6. The van der Waals surface area contributed by atoms with E-state index in [1.807, 2.05) is 24.3 Å². The lowest BCUT2D eigenvalue weighted by atomic mass is 10.1. The number of methoxy groups -OCH3 is 1. The molecule has 0 saturated carbocycles. The zero-order valence-corrected chi connectivity index (χ0v) is 16.9. The number of halogens is 2. The summed E-state index contributed by atoms with van der Waals surface area (Å²) in [4.78, 5) is 4.20. The van der Waals surface area contributed by atoms with Crippen molar-refractivity contribution in [1.82, 2.24) is 10.6 Å². The van der Waals surface area contributed by atoms with Crippen molar-refractivity contribution in [3.63, 3.8) is 0 Å². The number of nitrogens with zero attached hydrogens (tertiary/aromatic N) is 1. The lowest BCUT2D eigenvalue weighted by Gasteiger charge is -2.13. The van der Waals surface area contributed by atoms with E-state index < -0.39 is 0 Å². The fraction of sp³-hybridized carbons (Fsp3) is 0.316. The molecule has 2 aromatic carbocycles. The van der Waals surface area contributed by atoms with Crippen LogP contribution >= 0.6 is 24.0 Å². The Labute approximate surface area is 165 Å². The Morgan fingerprint density at radius 3 is 2.44 bits per heavy atom. The number of benzene rings is 2. The maximum absolute atomic E-state index is 13.1. The van der Waals surface area contributed by atoms with Gasteiger partial charge in [-0.3, -0.25) is 4.99 Å². The molecule has 0 saturated heterocycles. The van der Waals surface area contributed by atoms with Gasteiger partial charge in [-0.15, -0.1) is 24.0 Å². The van der Waals surface area contributed by atoms with Gasteiger partial charge in [0.1, 0.15) is 11.6 Å². The molecule has 0 unspecified atom stereocenters. The molecule has 0 radical (unpaired) electrons. The Morgan fingerprint density at radius 1 is 1.04 bits per heavy atom. The number of para-hydroxylation sites is 1. The first-order valence-corrected chi connectivity index (χ1v) is 8.04. The van der Waals surface area contributed by atoms with Gasteiger partial charge in [0.15, 0.2) is 5.96 Å². The summed E-state index contributed by atoms with van der Waals surface area (Å²) in [6.07, 6.45) is 1.58. The van der Waals surface area contributed by atoms with Crippen LogP contribution in [0.2, 0.25) is 0 Å². The van der Waals surface area contributed by atoms with E-state index in [1.54, 1.807) is 26.3 Å². The van der Waals surface area contributed by atoms with Gasteiger partial charge in [0.05, 0.1) is 7.11 Å². The quantitative estimate of drug-likeness (QED) is 0.381. The van der Waals surface area contributed by atoms with Gasteiger partial charge in [-0.1, -0.05) is 30.3 Å². The summed E-state index contributed by atoms with van der Waals surface area (Å²) in [5.74, 6) is 1.43. The number of hydrogen-bond acceptors (Lipinski definition) is 2. The average Bonchev–Trinajstić information content (AvgIpc) is 2.61. The van der Waals surface area contributed by atoms with E-state index in [9.17, 15) is 4.39 Å². The summed E-state index contributed by atoms with van der Waals surface area (Å²) >= 11 is 0. The van der Waals surface area contributed by atoms with Crippen LogP contribution in [-0.4, -0.2) is 33.2 Å². The molecule has 25 heavy (non-hydrogen) atoms. The standard InChI is InChI=1S/C19H24FN3O.HI/c1-21-19(22-12-10-15-6-5-8-17(20)14-15)23-13-11-16-7-3-4-9-18(16)24-2;/h3-9,14H,10-13H2,1-2H3,(H2,21,22,23);1H. The van der Waals surface area contributed by atoms with Gasteiger partial charge in [-0.25, -0.2) is 4.39 Å². The minimum Gasteiger partial charge on any atom is -0.496 e. The largest absolute Gasteiger partial charge is 0.496 e. The fourth-order valence-corrected chi connectivity index (χ4v) is 2.46. The van der Waals surface area contributed by atoms with E-state index in [4.69, 9.17) is 4.74 Å². The molecule has 0 spiro atoms. The van der Waals surface area contributed by atoms with E-state index in [-0.39, 0.29) is 29.8 Å². The number of nitrogens with one attached hydrogen (secondary N) is 2. The van der Waals surface area contributed by atoms with Gasteiger partial charge in [-0.05, 0) is 42.2 Å². The van der Waals surface area contributed by atoms with E-state index >= 15 is 0 Å². The molecule has 0 aliphatic rings. The molecule has 0 atom stereocenters. The molecule has 2 aromatic rings. The highest BCUT2D eigenvalue weighted by Gasteiger charge is 2.03. The van der Waals surface area contributed by atoms with Crippen LogP contribution in [0.15, 0.2) is 53.5 Å². The number of hydrogen-bond donors (Lipinski definition) is 2. The summed E-state index contributed by atoms with van der Waals surface area (Å²) in [5, 5.41) is 6.51. The molecule has 0 aromatic heterocycles. The monoisotopic (exact) mass is 457 g/mol. The fourth-order valence-electron chi connectivity index (χ4n) is 2.46. The Hall–Kier alpha value is -1.83. The molecular weight excluding hydrogens is 432 g/mol. The number of guanidine groups is 1. The van der Waals surface area contributed by atoms with Gasteiger partial charge >= 0.3 is 0 Å². The zero-order chi connectivity index (χ0) is 17.2. The maximum Gasteiger partial charge on any atom is 0.190 e. The summed E-state index contributed by atoms with van der Waals surface area (Å²) < 4.78 is 18.5. The molecule has 0 aliphatic heterocycles. The Kier molecular flexibility index (Phi) is 9.91. The van der Waals surface area contributed by atoms with Crippen LogP contribution in [0.4, 0.5) is 4.39 Å². The molecule has 0 amide bonds. The van der Waals surface area contributed by atoms with Crippen molar-refractivity contribution < 1.29 is 9.13 Å². The molecular formula is C19H25FIN3O. The van der Waals surface area contributed by atoms with Crippen molar-refractivity contribution in [2.75, 3.05) is 27.2 Å². The van der Waals surface area contributed by atoms with Crippen molar-refractivity contribution in [3.05, 3.63) is 65.5 Å². The third-order valence-electron chi connectivity index (χ3n) is 3.70. The van der Waals surface area contributed by atoms with Crippen LogP contribution in [0.3, 0.4) is 0 Å².